The first-order valence-electron chi connectivity index (χ1n) is 11.2. The Morgan fingerprint density at radius 1 is 1.12 bits per heavy atom. The lowest BCUT2D eigenvalue weighted by molar-refractivity contribution is 0.464. The predicted molar refractivity (Wildman–Crippen MR) is 126 cm³/mol. The average Bonchev–Trinajstić information content (AvgIpc) is 3.40. The fraction of sp³-hybridized carbons (Fsp3) is 0.375. The number of piperazine rings is 1. The van der Waals surface area contributed by atoms with E-state index in [2.05, 4.69) is 25.4 Å². The Hall–Kier alpha value is -2.77. The van der Waals surface area contributed by atoms with E-state index in [0.29, 0.717) is 45.8 Å². The molecule has 6 nitrogen and oxygen atoms in total. The minimum Gasteiger partial charge on any atom is -0.353 e. The van der Waals surface area contributed by atoms with Gasteiger partial charge in [-0.3, -0.25) is 5.10 Å². The van der Waals surface area contributed by atoms with E-state index < -0.39 is 5.82 Å². The van der Waals surface area contributed by atoms with Crippen LogP contribution >= 0.6 is 11.6 Å². The van der Waals surface area contributed by atoms with Gasteiger partial charge in [-0.1, -0.05) is 24.6 Å². The van der Waals surface area contributed by atoms with E-state index in [1.54, 1.807) is 6.20 Å². The van der Waals surface area contributed by atoms with Crippen molar-refractivity contribution in [2.24, 2.45) is 0 Å². The van der Waals surface area contributed by atoms with E-state index >= 15 is 4.39 Å². The molecule has 4 heterocycles. The SMILES string of the molecule is CCc1nc(N2CC3CCC(C2)N3)c2cc(Cl)c(-c3c(C)ccc4[nH]ncc34)c(F)c2n1. The Morgan fingerprint density at radius 3 is 2.66 bits per heavy atom. The van der Waals surface area contributed by atoms with Crippen LogP contribution in [-0.4, -0.2) is 45.3 Å². The quantitative estimate of drug-likeness (QED) is 0.470. The highest BCUT2D eigenvalue weighted by atomic mass is 35.5. The first-order valence-corrected chi connectivity index (χ1v) is 11.5. The van der Waals surface area contributed by atoms with E-state index in [9.17, 15) is 0 Å². The first-order chi connectivity index (χ1) is 15.5. The third kappa shape index (κ3) is 2.98. The summed E-state index contributed by atoms with van der Waals surface area (Å²) in [4.78, 5) is 11.7. The number of hydrogen-bond donors (Lipinski definition) is 2. The fourth-order valence-corrected chi connectivity index (χ4v) is 5.57. The third-order valence-electron chi connectivity index (χ3n) is 6.82. The maximum atomic E-state index is 16.2. The molecule has 6 rings (SSSR count). The van der Waals surface area contributed by atoms with Crippen LogP contribution in [0.3, 0.4) is 0 Å². The molecule has 2 saturated heterocycles. The monoisotopic (exact) mass is 450 g/mol. The molecule has 2 fully saturated rings. The minimum atomic E-state index is -0.402. The molecule has 0 radical (unpaired) electrons. The number of anilines is 1. The number of aromatic nitrogens is 4. The molecule has 2 atom stereocenters. The summed E-state index contributed by atoms with van der Waals surface area (Å²) in [6.07, 6.45) is 4.68. The average molecular weight is 451 g/mol. The number of benzene rings is 2. The Labute approximate surface area is 190 Å². The van der Waals surface area contributed by atoms with Gasteiger partial charge in [0, 0.05) is 53.5 Å². The highest BCUT2D eigenvalue weighted by Gasteiger charge is 2.34. The van der Waals surface area contributed by atoms with Crippen LogP contribution in [0, 0.1) is 12.7 Å². The summed E-state index contributed by atoms with van der Waals surface area (Å²) in [5, 5.41) is 12.6. The van der Waals surface area contributed by atoms with Gasteiger partial charge in [0.25, 0.3) is 0 Å². The summed E-state index contributed by atoms with van der Waals surface area (Å²) in [5.41, 5.74) is 3.23. The van der Waals surface area contributed by atoms with Gasteiger partial charge in [-0.15, -0.1) is 0 Å². The number of H-pyrrole nitrogens is 1. The zero-order valence-electron chi connectivity index (χ0n) is 18.0. The van der Waals surface area contributed by atoms with E-state index in [1.807, 2.05) is 32.0 Å². The number of halogens is 2. The molecule has 2 bridgehead atoms. The predicted octanol–water partition coefficient (Wildman–Crippen LogP) is 4.78. The number of aromatic amines is 1. The van der Waals surface area contributed by atoms with Crippen LogP contribution in [0.15, 0.2) is 24.4 Å². The van der Waals surface area contributed by atoms with E-state index in [1.165, 1.54) is 0 Å². The molecule has 2 unspecified atom stereocenters. The zero-order chi connectivity index (χ0) is 22.0. The van der Waals surface area contributed by atoms with Gasteiger partial charge in [-0.2, -0.15) is 5.10 Å². The number of fused-ring (bicyclic) bond motifs is 4. The van der Waals surface area contributed by atoms with Crippen LogP contribution in [0.4, 0.5) is 10.2 Å². The lowest BCUT2D eigenvalue weighted by Gasteiger charge is -2.34. The Balaban J connectivity index is 1.60. The molecule has 2 N–H and O–H groups in total. The van der Waals surface area contributed by atoms with Crippen molar-refractivity contribution in [2.75, 3.05) is 18.0 Å². The van der Waals surface area contributed by atoms with Crippen molar-refractivity contribution in [3.05, 3.63) is 46.6 Å². The van der Waals surface area contributed by atoms with Crippen molar-refractivity contribution < 1.29 is 4.39 Å². The maximum absolute atomic E-state index is 16.2. The zero-order valence-corrected chi connectivity index (χ0v) is 18.8. The number of rotatable bonds is 3. The summed E-state index contributed by atoms with van der Waals surface area (Å²) in [5.74, 6) is 1.03. The number of nitrogens with one attached hydrogen (secondary N) is 2. The van der Waals surface area contributed by atoms with Crippen LogP contribution in [0.5, 0.6) is 0 Å². The summed E-state index contributed by atoms with van der Waals surface area (Å²) >= 11 is 6.78. The molecule has 0 aliphatic carbocycles. The first kappa shape index (κ1) is 19.9. The molecule has 2 aliphatic heterocycles. The second-order valence-corrected chi connectivity index (χ2v) is 9.30. The molecule has 4 aromatic rings. The van der Waals surface area contributed by atoms with Crippen LogP contribution in [-0.2, 0) is 6.42 Å². The topological polar surface area (TPSA) is 69.7 Å². The van der Waals surface area contributed by atoms with Crippen LogP contribution < -0.4 is 10.2 Å². The second kappa shape index (κ2) is 7.39. The number of nitrogens with zero attached hydrogens (tertiary/aromatic N) is 4. The summed E-state index contributed by atoms with van der Waals surface area (Å²) in [6, 6.07) is 6.64. The Morgan fingerprint density at radius 2 is 1.91 bits per heavy atom. The summed E-state index contributed by atoms with van der Waals surface area (Å²) < 4.78 is 16.2. The molecule has 8 heteroatoms. The number of hydrogen-bond acceptors (Lipinski definition) is 5. The molecule has 2 aromatic carbocycles. The summed E-state index contributed by atoms with van der Waals surface area (Å²) in [7, 11) is 0. The van der Waals surface area contributed by atoms with Crippen LogP contribution in [0.25, 0.3) is 32.9 Å². The molecule has 164 valence electrons. The smallest absolute Gasteiger partial charge is 0.158 e. The molecule has 0 amide bonds. The van der Waals surface area contributed by atoms with Crippen molar-refractivity contribution in [1.29, 1.82) is 0 Å². The second-order valence-electron chi connectivity index (χ2n) is 8.89. The maximum Gasteiger partial charge on any atom is 0.158 e. The molecule has 0 spiro atoms. The van der Waals surface area contributed by atoms with Crippen molar-refractivity contribution in [1.82, 2.24) is 25.5 Å². The van der Waals surface area contributed by atoms with Gasteiger partial charge >= 0.3 is 0 Å². The van der Waals surface area contributed by atoms with Crippen LogP contribution in [0.1, 0.15) is 31.2 Å². The van der Waals surface area contributed by atoms with Gasteiger partial charge in [0.1, 0.15) is 17.2 Å². The normalized spacial score (nSPS) is 20.6. The van der Waals surface area contributed by atoms with Gasteiger partial charge in [0.15, 0.2) is 5.82 Å². The molecule has 2 aromatic heterocycles. The van der Waals surface area contributed by atoms with Gasteiger partial charge in [-0.25, -0.2) is 14.4 Å². The van der Waals surface area contributed by atoms with Gasteiger partial charge in [0.2, 0.25) is 0 Å². The van der Waals surface area contributed by atoms with Gasteiger partial charge in [-0.05, 0) is 37.5 Å². The van der Waals surface area contributed by atoms with Gasteiger partial charge < -0.3 is 10.2 Å². The van der Waals surface area contributed by atoms with Gasteiger partial charge in [0.05, 0.1) is 16.7 Å². The van der Waals surface area contributed by atoms with Crippen LogP contribution in [0.2, 0.25) is 5.02 Å². The standard InChI is InChI=1S/C24H24ClFN6/c1-3-19-29-23-15(24(30-19)32-10-13-5-6-14(11-32)28-13)8-17(25)21(22(23)26)20-12(2)4-7-18-16(20)9-27-31-18/h4,7-9,13-14,28H,3,5-6,10-11H2,1-2H3,(H,27,31). The Bertz CT molecular complexity index is 1350. The highest BCUT2D eigenvalue weighted by Crippen LogP contribution is 2.42. The minimum absolute atomic E-state index is 0.331. The van der Waals surface area contributed by atoms with E-state index in [4.69, 9.17) is 16.6 Å². The van der Waals surface area contributed by atoms with Crippen molar-refractivity contribution in [3.8, 4) is 11.1 Å². The van der Waals surface area contributed by atoms with Crippen molar-refractivity contribution in [2.45, 2.75) is 45.2 Å². The van der Waals surface area contributed by atoms with Crippen molar-refractivity contribution >= 4 is 39.2 Å². The van der Waals surface area contributed by atoms with E-state index in [-0.39, 0.29) is 0 Å². The lowest BCUT2D eigenvalue weighted by atomic mass is 9.95. The number of aryl methyl sites for hydroxylation is 2. The lowest BCUT2D eigenvalue weighted by Crippen LogP contribution is -2.51. The molecule has 0 saturated carbocycles. The molecular weight excluding hydrogens is 427 g/mol. The highest BCUT2D eigenvalue weighted by molar-refractivity contribution is 6.35. The van der Waals surface area contributed by atoms with Crippen molar-refractivity contribution in [3.63, 3.8) is 0 Å². The fourth-order valence-electron chi connectivity index (χ4n) is 5.28. The molecule has 2 aliphatic rings. The molecule has 32 heavy (non-hydrogen) atoms. The Kier molecular flexibility index (Phi) is 4.59. The largest absolute Gasteiger partial charge is 0.353 e. The third-order valence-corrected chi connectivity index (χ3v) is 7.12. The molecular formula is C24H24ClFN6. The van der Waals surface area contributed by atoms with E-state index in [0.717, 1.165) is 53.8 Å². The summed E-state index contributed by atoms with van der Waals surface area (Å²) in [6.45, 7) is 5.68.